The number of carbonyl (C=O) groups is 1. The number of aromatic nitrogens is 3. The molecule has 0 radical (unpaired) electrons. The van der Waals surface area contributed by atoms with Gasteiger partial charge in [0, 0.05) is 16.4 Å². The molecule has 1 amide bonds. The van der Waals surface area contributed by atoms with E-state index in [4.69, 9.17) is 4.42 Å². The molecule has 0 aliphatic carbocycles. The number of thiazole rings is 1. The molecule has 0 saturated heterocycles. The molecule has 1 N–H and O–H groups in total. The van der Waals surface area contributed by atoms with Crippen LogP contribution in [0.25, 0.3) is 11.5 Å². The van der Waals surface area contributed by atoms with E-state index in [1.807, 2.05) is 36.6 Å². The first-order valence-corrected chi connectivity index (χ1v) is 9.97. The monoisotopic (exact) mass is 388 g/mol. The summed E-state index contributed by atoms with van der Waals surface area (Å²) in [6.45, 7) is 8.28. The maximum absolute atomic E-state index is 12.1. The van der Waals surface area contributed by atoms with Crippen molar-refractivity contribution in [1.29, 1.82) is 0 Å². The molecular formula is C18H20N4O2S2. The number of nitrogens with zero attached hydrogens (tertiary/aromatic N) is 3. The number of rotatable bonds is 5. The summed E-state index contributed by atoms with van der Waals surface area (Å²) in [5.41, 5.74) is 2.95. The van der Waals surface area contributed by atoms with E-state index in [2.05, 4.69) is 41.3 Å². The van der Waals surface area contributed by atoms with Crippen molar-refractivity contribution in [1.82, 2.24) is 15.2 Å². The van der Waals surface area contributed by atoms with Crippen LogP contribution in [0.15, 0.2) is 39.3 Å². The first-order valence-electron chi connectivity index (χ1n) is 8.10. The molecule has 0 spiro atoms. The average molecular weight is 389 g/mol. The van der Waals surface area contributed by atoms with Gasteiger partial charge in [0.25, 0.3) is 5.22 Å². The second-order valence-corrected chi connectivity index (χ2v) is 8.65. The van der Waals surface area contributed by atoms with Gasteiger partial charge in [0.15, 0.2) is 5.13 Å². The lowest BCUT2D eigenvalue weighted by Crippen LogP contribution is -2.15. The Morgan fingerprint density at radius 1 is 1.23 bits per heavy atom. The molecule has 0 aliphatic rings. The summed E-state index contributed by atoms with van der Waals surface area (Å²) in [4.78, 5) is 16.6. The number of anilines is 1. The van der Waals surface area contributed by atoms with E-state index >= 15 is 0 Å². The van der Waals surface area contributed by atoms with Gasteiger partial charge in [0.2, 0.25) is 11.8 Å². The molecule has 0 fully saturated rings. The molecule has 6 nitrogen and oxygen atoms in total. The summed E-state index contributed by atoms with van der Waals surface area (Å²) in [7, 11) is 0. The second kappa shape index (κ2) is 7.59. The highest BCUT2D eigenvalue weighted by atomic mass is 32.2. The predicted octanol–water partition coefficient (Wildman–Crippen LogP) is 4.53. The van der Waals surface area contributed by atoms with E-state index in [0.29, 0.717) is 16.2 Å². The van der Waals surface area contributed by atoms with Crippen LogP contribution in [-0.4, -0.2) is 26.8 Å². The van der Waals surface area contributed by atoms with E-state index in [1.54, 1.807) is 0 Å². The molecule has 0 atom stereocenters. The van der Waals surface area contributed by atoms with Crippen molar-refractivity contribution in [3.63, 3.8) is 0 Å². The quantitative estimate of drug-likeness (QED) is 0.647. The lowest BCUT2D eigenvalue weighted by atomic mass is 9.93. The highest BCUT2D eigenvalue weighted by molar-refractivity contribution is 7.99. The molecule has 0 unspecified atom stereocenters. The summed E-state index contributed by atoms with van der Waals surface area (Å²) >= 11 is 2.63. The Balaban J connectivity index is 1.55. The van der Waals surface area contributed by atoms with Crippen LogP contribution in [0.1, 0.15) is 32.0 Å². The Hall–Kier alpha value is -2.19. The fourth-order valence-corrected chi connectivity index (χ4v) is 3.56. The van der Waals surface area contributed by atoms with Gasteiger partial charge in [0.1, 0.15) is 0 Å². The summed E-state index contributed by atoms with van der Waals surface area (Å²) in [5, 5.41) is 13.8. The maximum atomic E-state index is 12.1. The lowest BCUT2D eigenvalue weighted by molar-refractivity contribution is -0.113. The molecule has 0 aliphatic heterocycles. The highest BCUT2D eigenvalue weighted by Gasteiger charge is 2.18. The Kier molecular flexibility index (Phi) is 5.43. The number of amides is 1. The third-order valence-electron chi connectivity index (χ3n) is 3.55. The first kappa shape index (κ1) is 18.6. The summed E-state index contributed by atoms with van der Waals surface area (Å²) in [5.74, 6) is 0.475. The number of thioether (sulfide) groups is 1. The third-order valence-corrected chi connectivity index (χ3v) is 5.13. The standard InChI is InChI=1S/C18H20N4O2S2/c1-11-5-7-12(8-6-11)15-21-22-17(24-15)26-10-14(23)20-16-19-13(9-25-16)18(2,3)4/h5-9H,10H2,1-4H3,(H,19,20,23). The van der Waals surface area contributed by atoms with E-state index in [0.717, 1.165) is 16.8 Å². The van der Waals surface area contributed by atoms with Gasteiger partial charge in [-0.05, 0) is 19.1 Å². The zero-order valence-electron chi connectivity index (χ0n) is 15.1. The van der Waals surface area contributed by atoms with Crippen LogP contribution in [0.2, 0.25) is 0 Å². The van der Waals surface area contributed by atoms with Crippen LogP contribution < -0.4 is 5.32 Å². The highest BCUT2D eigenvalue weighted by Crippen LogP contribution is 2.27. The molecule has 2 heterocycles. The molecule has 26 heavy (non-hydrogen) atoms. The molecule has 1 aromatic carbocycles. The molecule has 2 aromatic heterocycles. The predicted molar refractivity (Wildman–Crippen MR) is 105 cm³/mol. The second-order valence-electron chi connectivity index (χ2n) is 6.86. The van der Waals surface area contributed by atoms with E-state index in [1.165, 1.54) is 23.1 Å². The summed E-state index contributed by atoms with van der Waals surface area (Å²) in [6, 6.07) is 7.83. The topological polar surface area (TPSA) is 80.9 Å². The molecule has 0 saturated carbocycles. The minimum absolute atomic E-state index is 0.0373. The number of nitrogens with one attached hydrogen (secondary N) is 1. The first-order chi connectivity index (χ1) is 12.3. The third kappa shape index (κ3) is 4.70. The van der Waals surface area contributed by atoms with E-state index < -0.39 is 0 Å². The number of hydrogen-bond donors (Lipinski definition) is 1. The number of benzene rings is 1. The van der Waals surface area contributed by atoms with Crippen molar-refractivity contribution in [2.75, 3.05) is 11.1 Å². The minimum atomic E-state index is -0.153. The zero-order valence-corrected chi connectivity index (χ0v) is 16.7. The molecular weight excluding hydrogens is 368 g/mol. The summed E-state index contributed by atoms with van der Waals surface area (Å²) < 4.78 is 5.61. The molecule has 3 rings (SSSR count). The SMILES string of the molecule is Cc1ccc(-c2nnc(SCC(=O)Nc3nc(C(C)(C)C)cs3)o2)cc1. The van der Waals surface area contributed by atoms with E-state index in [9.17, 15) is 4.79 Å². The average Bonchev–Trinajstić information content (AvgIpc) is 3.22. The van der Waals surface area contributed by atoms with Gasteiger partial charge in [-0.15, -0.1) is 21.5 Å². The number of aryl methyl sites for hydroxylation is 1. The number of carbonyl (C=O) groups excluding carboxylic acids is 1. The van der Waals surface area contributed by atoms with Gasteiger partial charge in [-0.1, -0.05) is 50.2 Å². The van der Waals surface area contributed by atoms with Gasteiger partial charge in [0.05, 0.1) is 11.4 Å². The van der Waals surface area contributed by atoms with Crippen LogP contribution in [0, 0.1) is 6.92 Å². The smallest absolute Gasteiger partial charge is 0.277 e. The van der Waals surface area contributed by atoms with Crippen molar-refractivity contribution in [3.05, 3.63) is 40.9 Å². The molecule has 8 heteroatoms. The number of hydrogen-bond acceptors (Lipinski definition) is 7. The van der Waals surface area contributed by atoms with Gasteiger partial charge in [-0.3, -0.25) is 4.79 Å². The summed E-state index contributed by atoms with van der Waals surface area (Å²) in [6.07, 6.45) is 0. The van der Waals surface area contributed by atoms with Crippen molar-refractivity contribution in [2.24, 2.45) is 0 Å². The van der Waals surface area contributed by atoms with Crippen LogP contribution >= 0.6 is 23.1 Å². The molecule has 3 aromatic rings. The Bertz CT molecular complexity index is 895. The van der Waals surface area contributed by atoms with E-state index in [-0.39, 0.29) is 17.1 Å². The Morgan fingerprint density at radius 2 is 1.96 bits per heavy atom. The lowest BCUT2D eigenvalue weighted by Gasteiger charge is -2.14. The van der Waals surface area contributed by atoms with Gasteiger partial charge < -0.3 is 9.73 Å². The van der Waals surface area contributed by atoms with Crippen LogP contribution in [0.4, 0.5) is 5.13 Å². The molecule has 136 valence electrons. The Morgan fingerprint density at radius 3 is 2.62 bits per heavy atom. The maximum Gasteiger partial charge on any atom is 0.277 e. The van der Waals surface area contributed by atoms with Crippen molar-refractivity contribution in [2.45, 2.75) is 38.3 Å². The molecule has 0 bridgehead atoms. The van der Waals surface area contributed by atoms with Crippen LogP contribution in [-0.2, 0) is 10.2 Å². The van der Waals surface area contributed by atoms with Crippen LogP contribution in [0.3, 0.4) is 0 Å². The van der Waals surface area contributed by atoms with Crippen molar-refractivity contribution in [3.8, 4) is 11.5 Å². The van der Waals surface area contributed by atoms with Crippen molar-refractivity contribution >= 4 is 34.1 Å². The largest absolute Gasteiger partial charge is 0.411 e. The van der Waals surface area contributed by atoms with Crippen LogP contribution in [0.5, 0.6) is 0 Å². The normalized spacial score (nSPS) is 11.5. The fourth-order valence-electron chi connectivity index (χ4n) is 2.04. The Labute approximate surface area is 160 Å². The zero-order chi connectivity index (χ0) is 18.7. The van der Waals surface area contributed by atoms with Gasteiger partial charge in [-0.25, -0.2) is 4.98 Å². The van der Waals surface area contributed by atoms with Gasteiger partial charge in [-0.2, -0.15) is 0 Å². The minimum Gasteiger partial charge on any atom is -0.411 e. The van der Waals surface area contributed by atoms with Crippen molar-refractivity contribution < 1.29 is 9.21 Å². The van der Waals surface area contributed by atoms with Gasteiger partial charge >= 0.3 is 0 Å². The fraction of sp³-hybridized carbons (Fsp3) is 0.333.